The first kappa shape index (κ1) is 23.9. The van der Waals surface area contributed by atoms with Crippen LogP contribution in [0.1, 0.15) is 36.6 Å². The SMILES string of the molecule is COc1cc(CSCc2csc(NC(=O)COc3ccc(C(C)C)cc3)n2)cc(OC)c1. The van der Waals surface area contributed by atoms with Crippen LogP contribution in [0.3, 0.4) is 0 Å². The molecule has 3 rings (SSSR count). The smallest absolute Gasteiger partial charge is 0.264 e. The van der Waals surface area contributed by atoms with Crippen LogP contribution in [0.15, 0.2) is 47.8 Å². The fourth-order valence-corrected chi connectivity index (χ4v) is 4.60. The van der Waals surface area contributed by atoms with Gasteiger partial charge in [-0.3, -0.25) is 10.1 Å². The van der Waals surface area contributed by atoms with Crippen molar-refractivity contribution in [1.82, 2.24) is 4.98 Å². The van der Waals surface area contributed by atoms with Crippen LogP contribution in [-0.4, -0.2) is 31.7 Å². The van der Waals surface area contributed by atoms with Gasteiger partial charge in [-0.05, 0) is 41.3 Å². The van der Waals surface area contributed by atoms with Gasteiger partial charge in [-0.25, -0.2) is 4.98 Å². The van der Waals surface area contributed by atoms with E-state index in [0.717, 1.165) is 34.3 Å². The minimum atomic E-state index is -0.227. The molecule has 1 amide bonds. The predicted molar refractivity (Wildman–Crippen MR) is 131 cm³/mol. The van der Waals surface area contributed by atoms with E-state index in [1.807, 2.05) is 47.8 Å². The number of hydrogen-bond donors (Lipinski definition) is 1. The minimum Gasteiger partial charge on any atom is -0.497 e. The van der Waals surface area contributed by atoms with Gasteiger partial charge in [0, 0.05) is 23.0 Å². The number of ether oxygens (including phenoxy) is 3. The first-order valence-corrected chi connectivity index (χ1v) is 12.3. The monoisotopic (exact) mass is 472 g/mol. The predicted octanol–water partition coefficient (Wildman–Crippen LogP) is 5.73. The maximum absolute atomic E-state index is 12.2. The van der Waals surface area contributed by atoms with Crippen LogP contribution in [0.4, 0.5) is 5.13 Å². The number of amides is 1. The largest absolute Gasteiger partial charge is 0.497 e. The average molecular weight is 473 g/mol. The summed E-state index contributed by atoms with van der Waals surface area (Å²) in [5, 5.41) is 5.34. The molecule has 1 aromatic heterocycles. The molecule has 0 spiro atoms. The van der Waals surface area contributed by atoms with Crippen molar-refractivity contribution >= 4 is 34.1 Å². The van der Waals surface area contributed by atoms with Crippen molar-refractivity contribution in [3.05, 3.63) is 64.7 Å². The zero-order valence-corrected chi connectivity index (χ0v) is 20.3. The molecule has 1 N–H and O–H groups in total. The molecule has 170 valence electrons. The Morgan fingerprint density at radius 1 is 1.03 bits per heavy atom. The van der Waals surface area contributed by atoms with Crippen LogP contribution in [-0.2, 0) is 16.3 Å². The number of aromatic nitrogens is 1. The van der Waals surface area contributed by atoms with Gasteiger partial charge < -0.3 is 14.2 Å². The molecule has 0 unspecified atom stereocenters. The molecule has 2 aromatic carbocycles. The molecular formula is C24H28N2O4S2. The molecule has 8 heteroatoms. The maximum Gasteiger partial charge on any atom is 0.264 e. The highest BCUT2D eigenvalue weighted by Crippen LogP contribution is 2.27. The number of carbonyl (C=O) groups excluding carboxylic acids is 1. The number of carbonyl (C=O) groups is 1. The number of methoxy groups -OCH3 is 2. The van der Waals surface area contributed by atoms with E-state index in [-0.39, 0.29) is 12.5 Å². The van der Waals surface area contributed by atoms with E-state index in [1.165, 1.54) is 16.9 Å². The maximum atomic E-state index is 12.2. The molecule has 0 aliphatic rings. The molecule has 0 aliphatic heterocycles. The standard InChI is InChI=1S/C24H28N2O4S2/c1-16(2)18-5-7-20(8-6-18)30-12-23(27)26-24-25-19(15-32-24)14-31-13-17-9-21(28-3)11-22(10-17)29-4/h5-11,15-16H,12-14H2,1-4H3,(H,25,26,27). The van der Waals surface area contributed by atoms with Crippen molar-refractivity contribution in [1.29, 1.82) is 0 Å². The molecule has 0 saturated carbocycles. The Labute approximate surface area is 197 Å². The molecule has 0 atom stereocenters. The van der Waals surface area contributed by atoms with E-state index in [0.29, 0.717) is 16.8 Å². The zero-order chi connectivity index (χ0) is 22.9. The number of rotatable bonds is 11. The van der Waals surface area contributed by atoms with Crippen LogP contribution >= 0.6 is 23.1 Å². The number of thiazole rings is 1. The third kappa shape index (κ3) is 7.17. The minimum absolute atomic E-state index is 0.0532. The summed E-state index contributed by atoms with van der Waals surface area (Å²) in [6.07, 6.45) is 0. The number of benzene rings is 2. The Bertz CT molecular complexity index is 997. The van der Waals surface area contributed by atoms with Crippen LogP contribution in [0.2, 0.25) is 0 Å². The fraction of sp³-hybridized carbons (Fsp3) is 0.333. The van der Waals surface area contributed by atoms with Crippen molar-refractivity contribution in [2.45, 2.75) is 31.3 Å². The normalized spacial score (nSPS) is 10.8. The molecule has 0 saturated heterocycles. The molecular weight excluding hydrogens is 444 g/mol. The quantitative estimate of drug-likeness (QED) is 0.384. The number of thioether (sulfide) groups is 1. The third-order valence-corrected chi connectivity index (χ3v) is 6.49. The van der Waals surface area contributed by atoms with Gasteiger partial charge in [0.15, 0.2) is 11.7 Å². The molecule has 32 heavy (non-hydrogen) atoms. The second-order valence-corrected chi connectivity index (χ2v) is 9.26. The second kappa shape index (κ2) is 11.8. The number of nitrogens with zero attached hydrogens (tertiary/aromatic N) is 1. The first-order chi connectivity index (χ1) is 15.5. The Morgan fingerprint density at radius 3 is 2.34 bits per heavy atom. The average Bonchev–Trinajstić information content (AvgIpc) is 3.24. The van der Waals surface area contributed by atoms with Crippen molar-refractivity contribution in [2.24, 2.45) is 0 Å². The lowest BCUT2D eigenvalue weighted by molar-refractivity contribution is -0.118. The molecule has 3 aromatic rings. The van der Waals surface area contributed by atoms with Crippen LogP contribution in [0.5, 0.6) is 17.2 Å². The summed E-state index contributed by atoms with van der Waals surface area (Å²) < 4.78 is 16.2. The molecule has 0 fully saturated rings. The third-order valence-electron chi connectivity index (χ3n) is 4.64. The summed E-state index contributed by atoms with van der Waals surface area (Å²) in [7, 11) is 3.29. The van der Waals surface area contributed by atoms with E-state index in [4.69, 9.17) is 14.2 Å². The molecule has 0 aliphatic carbocycles. The number of nitrogens with one attached hydrogen (secondary N) is 1. The van der Waals surface area contributed by atoms with Gasteiger partial charge in [0.1, 0.15) is 17.2 Å². The summed E-state index contributed by atoms with van der Waals surface area (Å²) in [5.74, 6) is 4.00. The van der Waals surface area contributed by atoms with Crippen molar-refractivity contribution in [2.75, 3.05) is 26.1 Å². The Balaban J connectivity index is 1.43. The second-order valence-electron chi connectivity index (χ2n) is 7.42. The van der Waals surface area contributed by atoms with E-state index >= 15 is 0 Å². The highest BCUT2D eigenvalue weighted by Gasteiger charge is 2.09. The molecule has 6 nitrogen and oxygen atoms in total. The van der Waals surface area contributed by atoms with Gasteiger partial charge in [-0.1, -0.05) is 26.0 Å². The van der Waals surface area contributed by atoms with E-state index in [9.17, 15) is 4.79 Å². The van der Waals surface area contributed by atoms with Gasteiger partial charge in [-0.2, -0.15) is 11.8 Å². The van der Waals surface area contributed by atoms with Crippen molar-refractivity contribution in [3.63, 3.8) is 0 Å². The first-order valence-electron chi connectivity index (χ1n) is 10.2. The molecule has 0 bridgehead atoms. The van der Waals surface area contributed by atoms with Crippen LogP contribution in [0, 0.1) is 0 Å². The van der Waals surface area contributed by atoms with Gasteiger partial charge in [-0.15, -0.1) is 11.3 Å². The highest BCUT2D eigenvalue weighted by molar-refractivity contribution is 7.97. The fourth-order valence-electron chi connectivity index (χ4n) is 2.91. The summed E-state index contributed by atoms with van der Waals surface area (Å²) in [6, 6.07) is 13.7. The Kier molecular flexibility index (Phi) is 8.81. The summed E-state index contributed by atoms with van der Waals surface area (Å²) in [4.78, 5) is 16.7. The molecule has 1 heterocycles. The van der Waals surface area contributed by atoms with Crippen LogP contribution in [0.25, 0.3) is 0 Å². The summed E-state index contributed by atoms with van der Waals surface area (Å²) >= 11 is 3.15. The van der Waals surface area contributed by atoms with Gasteiger partial charge in [0.05, 0.1) is 19.9 Å². The summed E-state index contributed by atoms with van der Waals surface area (Å²) in [5.41, 5.74) is 3.28. The van der Waals surface area contributed by atoms with Crippen molar-refractivity contribution in [3.8, 4) is 17.2 Å². The topological polar surface area (TPSA) is 69.7 Å². The van der Waals surface area contributed by atoms with Gasteiger partial charge in [0.25, 0.3) is 5.91 Å². The van der Waals surface area contributed by atoms with E-state index in [2.05, 4.69) is 24.1 Å². The van der Waals surface area contributed by atoms with E-state index < -0.39 is 0 Å². The number of anilines is 1. The zero-order valence-electron chi connectivity index (χ0n) is 18.7. The Morgan fingerprint density at radius 2 is 1.72 bits per heavy atom. The number of hydrogen-bond acceptors (Lipinski definition) is 7. The highest BCUT2D eigenvalue weighted by atomic mass is 32.2. The lowest BCUT2D eigenvalue weighted by Crippen LogP contribution is -2.20. The Hall–Kier alpha value is -2.71. The lowest BCUT2D eigenvalue weighted by atomic mass is 10.0. The van der Waals surface area contributed by atoms with Gasteiger partial charge in [0.2, 0.25) is 0 Å². The van der Waals surface area contributed by atoms with Gasteiger partial charge >= 0.3 is 0 Å². The summed E-state index contributed by atoms with van der Waals surface area (Å²) in [6.45, 7) is 4.22. The molecule has 0 radical (unpaired) electrons. The van der Waals surface area contributed by atoms with E-state index in [1.54, 1.807) is 26.0 Å². The lowest BCUT2D eigenvalue weighted by Gasteiger charge is -2.08. The van der Waals surface area contributed by atoms with Crippen molar-refractivity contribution < 1.29 is 19.0 Å². The van der Waals surface area contributed by atoms with Crippen LogP contribution < -0.4 is 19.5 Å².